The van der Waals surface area contributed by atoms with E-state index in [1.165, 1.54) is 0 Å². The van der Waals surface area contributed by atoms with Gasteiger partial charge in [-0.1, -0.05) is 132 Å². The zero-order valence-electron chi connectivity index (χ0n) is 34.1. The van der Waals surface area contributed by atoms with E-state index in [2.05, 4.69) is 138 Å². The summed E-state index contributed by atoms with van der Waals surface area (Å²) in [6.45, 7) is 30.6. The molecule has 0 bridgehead atoms. The Hall–Kier alpha value is -3.70. The fraction of sp³-hybridized carbons (Fsp3) is 0.340. The van der Waals surface area contributed by atoms with Crippen molar-refractivity contribution in [2.45, 2.75) is 105 Å². The van der Waals surface area contributed by atoms with Crippen LogP contribution in [0.4, 0.5) is 0 Å². The first-order valence-electron chi connectivity index (χ1n) is 17.3. The Kier molecular flexibility index (Phi) is 13.4. The van der Waals surface area contributed by atoms with Gasteiger partial charge in [-0.3, -0.25) is 0 Å². The summed E-state index contributed by atoms with van der Waals surface area (Å²) in [5, 5.41) is 28.4. The van der Waals surface area contributed by atoms with Crippen LogP contribution in [0.3, 0.4) is 0 Å². The van der Waals surface area contributed by atoms with Crippen molar-refractivity contribution in [2.75, 3.05) is 0 Å². The third kappa shape index (κ3) is 8.73. The summed E-state index contributed by atoms with van der Waals surface area (Å²) in [6.07, 6.45) is 3.67. The second-order valence-electron chi connectivity index (χ2n) is 17.5. The van der Waals surface area contributed by atoms with Gasteiger partial charge < -0.3 is 30.4 Å². The number of hydrogen-bond donors (Lipinski definition) is 2. The van der Waals surface area contributed by atoms with Crippen molar-refractivity contribution in [2.24, 2.45) is 0 Å². The third-order valence-electron chi connectivity index (χ3n) is 9.53. The molecule has 0 radical (unpaired) electrons. The summed E-state index contributed by atoms with van der Waals surface area (Å²) in [5.41, 5.74) is 10.3. The van der Waals surface area contributed by atoms with Crippen molar-refractivity contribution < 1.29 is 40.6 Å². The van der Waals surface area contributed by atoms with Crippen molar-refractivity contribution >= 4 is 18.1 Å². The molecule has 52 heavy (non-hydrogen) atoms. The standard InChI is InChI=1S/C45H54N2O2.2CH3.Hf/c1-42(2,3)28-22-34(40(48)36(24-28)44(7,8)9)30-18-14-16-20-32(30)38-26-46-27-39(47(38)13)33-21-17-15-19-31(33)35-23-29(43(4,5)6)25-37(41(35)49)45(10,11)12;;;/h14-27,48-49H,13H2,1-12H3;2*1H3;/q;2*-1;. The minimum Gasteiger partial charge on any atom is -0.660 e. The molecule has 2 N–H and O–H groups in total. The van der Waals surface area contributed by atoms with E-state index in [1.54, 1.807) is 0 Å². The van der Waals surface area contributed by atoms with E-state index in [9.17, 15) is 10.2 Å². The SMILES string of the molecule is C=[N+]1C(c2ccccc2-c2cc(C(C)(C)C)cc(C(C)(C)C)c2O)=C[N-]C=C1c1ccccc1-c1cc(C(C)(C)C)cc(C(C)(C)C)c1O.[CH3-].[CH3-].[Hf]. The summed E-state index contributed by atoms with van der Waals surface area (Å²) in [7, 11) is 0. The van der Waals surface area contributed by atoms with Gasteiger partial charge in [0, 0.05) is 48.1 Å². The van der Waals surface area contributed by atoms with Crippen LogP contribution in [0.5, 0.6) is 11.5 Å². The molecule has 0 atom stereocenters. The molecule has 0 amide bonds. The van der Waals surface area contributed by atoms with Crippen molar-refractivity contribution in [3.8, 4) is 33.8 Å². The van der Waals surface area contributed by atoms with Crippen molar-refractivity contribution in [3.63, 3.8) is 0 Å². The number of benzene rings is 4. The Bertz CT molecular complexity index is 1860. The Labute approximate surface area is 334 Å². The summed E-state index contributed by atoms with van der Waals surface area (Å²) in [6, 6.07) is 24.9. The molecule has 1 heterocycles. The second kappa shape index (κ2) is 15.7. The molecule has 0 unspecified atom stereocenters. The van der Waals surface area contributed by atoms with Crippen LogP contribution < -0.4 is 0 Å². The summed E-state index contributed by atoms with van der Waals surface area (Å²) < 4.78 is 1.93. The Morgan fingerprint density at radius 1 is 0.481 bits per heavy atom. The van der Waals surface area contributed by atoms with Crippen LogP contribution in [0.15, 0.2) is 85.2 Å². The molecule has 1 aliphatic heterocycles. The Morgan fingerprint density at radius 2 is 0.788 bits per heavy atom. The van der Waals surface area contributed by atoms with E-state index in [0.717, 1.165) is 67.0 Å². The van der Waals surface area contributed by atoms with Crippen LogP contribution in [0.2, 0.25) is 0 Å². The average Bonchev–Trinajstić information content (AvgIpc) is 2.99. The number of phenolic OH excluding ortho intramolecular Hbond substituents is 2. The Balaban J connectivity index is 0.00000312. The molecule has 4 nitrogen and oxygen atoms in total. The van der Waals surface area contributed by atoms with Crippen molar-refractivity contribution in [1.82, 2.24) is 0 Å². The molecular weight excluding hydrogens is 803 g/mol. The molecule has 276 valence electrons. The first kappa shape index (κ1) is 44.5. The largest absolute Gasteiger partial charge is 0.660 e. The number of rotatable bonds is 4. The van der Waals surface area contributed by atoms with E-state index in [0.29, 0.717) is 11.5 Å². The molecule has 5 rings (SSSR count). The van der Waals surface area contributed by atoms with Gasteiger partial charge in [-0.15, -0.1) is 12.4 Å². The zero-order chi connectivity index (χ0) is 36.3. The predicted molar refractivity (Wildman–Crippen MR) is 221 cm³/mol. The maximum Gasteiger partial charge on any atom is 0.196 e. The molecular formula is C47H60HfN2O2-2. The fourth-order valence-corrected chi connectivity index (χ4v) is 6.45. The normalized spacial score (nSPS) is 13.5. The summed E-state index contributed by atoms with van der Waals surface area (Å²) in [4.78, 5) is 0. The van der Waals surface area contributed by atoms with Crippen LogP contribution >= 0.6 is 0 Å². The van der Waals surface area contributed by atoms with Crippen LogP contribution in [-0.2, 0) is 47.5 Å². The monoisotopic (exact) mass is 864 g/mol. The second-order valence-corrected chi connectivity index (χ2v) is 17.5. The number of nitrogens with zero attached hydrogens (tertiary/aromatic N) is 2. The van der Waals surface area contributed by atoms with Gasteiger partial charge in [-0.05, 0) is 68.2 Å². The minimum absolute atomic E-state index is 0. The fourth-order valence-electron chi connectivity index (χ4n) is 6.45. The van der Waals surface area contributed by atoms with Crippen LogP contribution in [0.25, 0.3) is 39.0 Å². The van der Waals surface area contributed by atoms with Crippen LogP contribution in [0, 0.1) is 14.9 Å². The predicted octanol–water partition coefficient (Wildman–Crippen LogP) is 12.9. The summed E-state index contributed by atoms with van der Waals surface area (Å²) in [5.74, 6) is 0.587. The molecule has 4 aromatic carbocycles. The number of hydrogen-bond acceptors (Lipinski definition) is 2. The van der Waals surface area contributed by atoms with Crippen LogP contribution in [0.1, 0.15) is 116 Å². The van der Waals surface area contributed by atoms with Crippen molar-refractivity contribution in [3.05, 3.63) is 139 Å². The van der Waals surface area contributed by atoms with E-state index >= 15 is 0 Å². The quantitative estimate of drug-likeness (QED) is 0.122. The van der Waals surface area contributed by atoms with Gasteiger partial charge in [0.2, 0.25) is 0 Å². The number of aromatic hydroxyl groups is 2. The topological polar surface area (TPSA) is 57.6 Å². The van der Waals surface area contributed by atoms with Gasteiger partial charge in [0.15, 0.2) is 11.4 Å². The Morgan fingerprint density at radius 3 is 1.08 bits per heavy atom. The molecule has 0 fully saturated rings. The molecule has 4 aromatic rings. The van der Waals surface area contributed by atoms with Gasteiger partial charge in [0.25, 0.3) is 0 Å². The van der Waals surface area contributed by atoms with Gasteiger partial charge in [-0.25, -0.2) is 0 Å². The third-order valence-corrected chi connectivity index (χ3v) is 9.53. The smallest absolute Gasteiger partial charge is 0.196 e. The van der Waals surface area contributed by atoms with Gasteiger partial charge in [0.05, 0.1) is 11.1 Å². The zero-order valence-corrected chi connectivity index (χ0v) is 37.7. The molecule has 1 aliphatic rings. The average molecular weight is 863 g/mol. The van der Waals surface area contributed by atoms with E-state index in [1.807, 2.05) is 41.2 Å². The van der Waals surface area contributed by atoms with E-state index in [-0.39, 0.29) is 62.4 Å². The van der Waals surface area contributed by atoms with Gasteiger partial charge in [0.1, 0.15) is 18.2 Å². The first-order chi connectivity index (χ1) is 22.6. The van der Waals surface area contributed by atoms with Gasteiger partial charge in [-0.2, -0.15) is 4.58 Å². The first-order valence-corrected chi connectivity index (χ1v) is 17.3. The van der Waals surface area contributed by atoms with E-state index in [4.69, 9.17) is 5.32 Å². The maximum absolute atomic E-state index is 11.8. The van der Waals surface area contributed by atoms with Crippen molar-refractivity contribution in [1.29, 1.82) is 0 Å². The molecule has 0 aromatic heterocycles. The van der Waals surface area contributed by atoms with E-state index < -0.39 is 0 Å². The van der Waals surface area contributed by atoms with Gasteiger partial charge >= 0.3 is 0 Å². The maximum atomic E-state index is 11.8. The molecule has 0 saturated heterocycles. The molecule has 5 heteroatoms. The molecule has 0 saturated carbocycles. The summed E-state index contributed by atoms with van der Waals surface area (Å²) >= 11 is 0. The molecule has 0 spiro atoms. The number of phenols is 2. The van der Waals surface area contributed by atoms with Crippen LogP contribution in [-0.4, -0.2) is 21.5 Å². The molecule has 0 aliphatic carbocycles. The minimum atomic E-state index is -0.255.